The Labute approximate surface area is 127 Å². The van der Waals surface area contributed by atoms with Gasteiger partial charge in [-0.2, -0.15) is 10.2 Å². The molecule has 1 atom stereocenters. The monoisotopic (exact) mass is 299 g/mol. The average molecular weight is 299 g/mol. The van der Waals surface area contributed by atoms with E-state index in [-0.39, 0.29) is 6.10 Å². The maximum atomic E-state index is 6.28. The Kier molecular flexibility index (Phi) is 4.43. The molecule has 0 radical (unpaired) electrons. The Balaban J connectivity index is 1.90. The molecule has 0 aliphatic heterocycles. The first-order valence-electron chi connectivity index (χ1n) is 6.92. The summed E-state index contributed by atoms with van der Waals surface area (Å²) < 4.78 is 6.28. The van der Waals surface area contributed by atoms with Crippen LogP contribution in [0.5, 0.6) is 5.75 Å². The molecule has 2 aromatic heterocycles. The molecule has 21 heavy (non-hydrogen) atoms. The lowest BCUT2D eigenvalue weighted by molar-refractivity contribution is 0.201. The van der Waals surface area contributed by atoms with Gasteiger partial charge < -0.3 is 10.1 Å². The second-order valence-electron chi connectivity index (χ2n) is 4.76. The first-order valence-corrected chi connectivity index (χ1v) is 7.80. The van der Waals surface area contributed by atoms with Gasteiger partial charge in [0.05, 0.1) is 12.4 Å². The van der Waals surface area contributed by atoms with Gasteiger partial charge in [0.2, 0.25) is 0 Å². The highest BCUT2D eigenvalue weighted by atomic mass is 32.1. The predicted molar refractivity (Wildman–Crippen MR) is 85.8 cm³/mol. The van der Waals surface area contributed by atoms with Crippen LogP contribution in [0.1, 0.15) is 17.4 Å². The summed E-state index contributed by atoms with van der Waals surface area (Å²) in [6.45, 7) is 0.910. The third-order valence-electron chi connectivity index (χ3n) is 3.34. The van der Waals surface area contributed by atoms with Crippen molar-refractivity contribution in [3.05, 3.63) is 53.0 Å². The zero-order valence-electron chi connectivity index (χ0n) is 11.8. The van der Waals surface area contributed by atoms with Gasteiger partial charge in [-0.15, -0.1) is 11.3 Å². The van der Waals surface area contributed by atoms with Gasteiger partial charge in [-0.05, 0) is 31.1 Å². The van der Waals surface area contributed by atoms with Gasteiger partial charge in [0.1, 0.15) is 11.9 Å². The second-order valence-corrected chi connectivity index (χ2v) is 5.74. The number of hydrogen-bond acceptors (Lipinski definition) is 5. The lowest BCUT2D eigenvalue weighted by atomic mass is 10.1. The number of aromatic nitrogens is 2. The smallest absolute Gasteiger partial charge is 0.134 e. The van der Waals surface area contributed by atoms with E-state index in [9.17, 15) is 0 Å². The summed E-state index contributed by atoms with van der Waals surface area (Å²) in [5.41, 5.74) is 0. The minimum absolute atomic E-state index is 0.0521. The molecule has 3 rings (SSSR count). The van der Waals surface area contributed by atoms with E-state index >= 15 is 0 Å². The van der Waals surface area contributed by atoms with Crippen molar-refractivity contribution in [1.29, 1.82) is 0 Å². The van der Waals surface area contributed by atoms with Crippen molar-refractivity contribution in [1.82, 2.24) is 15.5 Å². The van der Waals surface area contributed by atoms with Crippen molar-refractivity contribution in [2.24, 2.45) is 0 Å². The molecule has 0 amide bonds. The molecule has 1 N–H and O–H groups in total. The summed E-state index contributed by atoms with van der Waals surface area (Å²) in [5.74, 6) is 0.858. The van der Waals surface area contributed by atoms with E-state index in [1.54, 1.807) is 23.7 Å². The minimum atomic E-state index is 0.0521. The van der Waals surface area contributed by atoms with E-state index in [0.717, 1.165) is 29.5 Å². The summed E-state index contributed by atoms with van der Waals surface area (Å²) in [6, 6.07) is 10.2. The van der Waals surface area contributed by atoms with Gasteiger partial charge in [-0.1, -0.05) is 18.2 Å². The molecule has 0 unspecified atom stereocenters. The van der Waals surface area contributed by atoms with Gasteiger partial charge in [0.15, 0.2) is 0 Å². The number of nitrogens with zero attached hydrogens (tertiary/aromatic N) is 2. The van der Waals surface area contributed by atoms with Crippen LogP contribution in [0.4, 0.5) is 0 Å². The highest BCUT2D eigenvalue weighted by Gasteiger charge is 2.15. The van der Waals surface area contributed by atoms with Crippen molar-refractivity contribution in [2.75, 3.05) is 13.6 Å². The highest BCUT2D eigenvalue weighted by Crippen LogP contribution is 2.31. The van der Waals surface area contributed by atoms with E-state index < -0.39 is 0 Å². The van der Waals surface area contributed by atoms with Crippen LogP contribution in [0, 0.1) is 0 Å². The van der Waals surface area contributed by atoms with Crippen LogP contribution in [0.25, 0.3) is 10.8 Å². The molecule has 0 aliphatic rings. The van der Waals surface area contributed by atoms with Crippen LogP contribution in [-0.2, 0) is 0 Å². The fraction of sp³-hybridized carbons (Fsp3) is 0.250. The number of rotatable bonds is 6. The van der Waals surface area contributed by atoms with Gasteiger partial charge >= 0.3 is 0 Å². The van der Waals surface area contributed by atoms with Crippen LogP contribution in [0.3, 0.4) is 0 Å². The van der Waals surface area contributed by atoms with E-state index in [0.29, 0.717) is 0 Å². The van der Waals surface area contributed by atoms with Crippen molar-refractivity contribution >= 4 is 22.1 Å². The van der Waals surface area contributed by atoms with Crippen LogP contribution in [-0.4, -0.2) is 23.8 Å². The first-order chi connectivity index (χ1) is 10.4. The standard InChI is InChI=1S/C16H17N3OS/c1-17-8-7-15(16-6-3-9-21-16)20-14-5-2-4-12-10-18-19-11-13(12)14/h2-6,9-11,15,17H,7-8H2,1H3/t15-/m1/s1. The Hall–Kier alpha value is -1.98. The largest absolute Gasteiger partial charge is 0.484 e. The number of fused-ring (bicyclic) bond motifs is 1. The Morgan fingerprint density at radius 2 is 2.10 bits per heavy atom. The first kappa shape index (κ1) is 14.0. The molecule has 3 aromatic rings. The molecule has 2 heterocycles. The van der Waals surface area contributed by atoms with Crippen LogP contribution >= 0.6 is 11.3 Å². The molecule has 0 fully saturated rings. The lowest BCUT2D eigenvalue weighted by Gasteiger charge is -2.19. The van der Waals surface area contributed by atoms with Crippen molar-refractivity contribution in [3.8, 4) is 5.75 Å². The molecule has 0 bridgehead atoms. The Bertz CT molecular complexity index is 694. The molecule has 0 saturated heterocycles. The fourth-order valence-electron chi connectivity index (χ4n) is 2.26. The van der Waals surface area contributed by atoms with E-state index in [1.807, 2.05) is 25.2 Å². The summed E-state index contributed by atoms with van der Waals surface area (Å²) in [4.78, 5) is 1.24. The summed E-state index contributed by atoms with van der Waals surface area (Å²) >= 11 is 1.73. The fourth-order valence-corrected chi connectivity index (χ4v) is 3.05. The second kappa shape index (κ2) is 6.65. The zero-order valence-corrected chi connectivity index (χ0v) is 12.6. The molecule has 0 aliphatic carbocycles. The SMILES string of the molecule is CNCC[C@@H](Oc1cccc2cnncc12)c1cccs1. The quantitative estimate of drug-likeness (QED) is 0.757. The van der Waals surface area contributed by atoms with E-state index in [1.165, 1.54) is 4.88 Å². The van der Waals surface area contributed by atoms with Gasteiger partial charge in [0, 0.05) is 22.1 Å². The third kappa shape index (κ3) is 3.20. The van der Waals surface area contributed by atoms with E-state index in [2.05, 4.69) is 33.0 Å². The number of thiophene rings is 1. The van der Waals surface area contributed by atoms with Crippen LogP contribution in [0.15, 0.2) is 48.1 Å². The van der Waals surface area contributed by atoms with E-state index in [4.69, 9.17) is 4.74 Å². The van der Waals surface area contributed by atoms with Gasteiger partial charge in [-0.25, -0.2) is 0 Å². The number of nitrogens with one attached hydrogen (secondary N) is 1. The highest BCUT2D eigenvalue weighted by molar-refractivity contribution is 7.10. The molecule has 5 heteroatoms. The minimum Gasteiger partial charge on any atom is -0.484 e. The normalized spacial score (nSPS) is 12.4. The predicted octanol–water partition coefficient (Wildman–Crippen LogP) is 3.42. The van der Waals surface area contributed by atoms with Gasteiger partial charge in [-0.3, -0.25) is 0 Å². The molecular formula is C16H17N3OS. The molecular weight excluding hydrogens is 282 g/mol. The zero-order chi connectivity index (χ0) is 14.5. The Morgan fingerprint density at radius 3 is 2.90 bits per heavy atom. The number of benzene rings is 1. The molecule has 0 saturated carbocycles. The molecule has 108 valence electrons. The maximum Gasteiger partial charge on any atom is 0.134 e. The number of ether oxygens (including phenoxy) is 1. The molecule has 4 nitrogen and oxygen atoms in total. The van der Waals surface area contributed by atoms with Crippen molar-refractivity contribution < 1.29 is 4.74 Å². The Morgan fingerprint density at radius 1 is 1.19 bits per heavy atom. The maximum absolute atomic E-state index is 6.28. The van der Waals surface area contributed by atoms with Crippen molar-refractivity contribution in [3.63, 3.8) is 0 Å². The topological polar surface area (TPSA) is 47.0 Å². The van der Waals surface area contributed by atoms with Crippen molar-refractivity contribution in [2.45, 2.75) is 12.5 Å². The lowest BCUT2D eigenvalue weighted by Crippen LogP contribution is -2.15. The molecule has 1 aromatic carbocycles. The van der Waals surface area contributed by atoms with Gasteiger partial charge in [0.25, 0.3) is 0 Å². The van der Waals surface area contributed by atoms with Crippen LogP contribution < -0.4 is 10.1 Å². The third-order valence-corrected chi connectivity index (χ3v) is 4.30. The average Bonchev–Trinajstić information content (AvgIpc) is 3.06. The summed E-state index contributed by atoms with van der Waals surface area (Å²) in [5, 5.41) is 15.2. The summed E-state index contributed by atoms with van der Waals surface area (Å²) in [7, 11) is 1.96. The molecule has 0 spiro atoms. The summed E-state index contributed by atoms with van der Waals surface area (Å²) in [6.07, 6.45) is 4.49. The number of hydrogen-bond donors (Lipinski definition) is 1. The van der Waals surface area contributed by atoms with Crippen LogP contribution in [0.2, 0.25) is 0 Å².